The minimum Gasteiger partial charge on any atom is -0.355 e. The molecule has 1 aliphatic heterocycles. The summed E-state index contributed by atoms with van der Waals surface area (Å²) in [6.45, 7) is 13.3. The molecule has 4 heteroatoms. The molecule has 1 N–H and O–H groups in total. The molecule has 1 aliphatic rings. The first-order chi connectivity index (χ1) is 11.6. The molecule has 0 spiro atoms. The maximum absolute atomic E-state index is 12.3. The van der Waals surface area contributed by atoms with Gasteiger partial charge in [-0.1, -0.05) is 43.7 Å². The van der Waals surface area contributed by atoms with Crippen LogP contribution in [0.25, 0.3) is 0 Å². The predicted octanol–water partition coefficient (Wildman–Crippen LogP) is 2.67. The van der Waals surface area contributed by atoms with Crippen molar-refractivity contribution >= 4 is 5.91 Å². The van der Waals surface area contributed by atoms with Crippen molar-refractivity contribution in [3.8, 4) is 0 Å². The van der Waals surface area contributed by atoms with Crippen LogP contribution in [0.2, 0.25) is 0 Å². The molecule has 4 nitrogen and oxygen atoms in total. The number of amides is 1. The number of rotatable bonds is 8. The number of hydrogen-bond donors (Lipinski definition) is 1. The summed E-state index contributed by atoms with van der Waals surface area (Å²) in [4.78, 5) is 17.1. The van der Waals surface area contributed by atoms with Gasteiger partial charge in [-0.15, -0.1) is 0 Å². The number of nitrogens with zero attached hydrogens (tertiary/aromatic N) is 2. The highest BCUT2D eigenvalue weighted by Crippen LogP contribution is 2.19. The SMILES string of the molecule is CCN(CC)CCNC(=O)C1CCN(Cc2ccc(C)cc2)CC1. The second-order valence-electron chi connectivity index (χ2n) is 6.85. The fourth-order valence-electron chi connectivity index (χ4n) is 3.33. The van der Waals surface area contributed by atoms with Crippen molar-refractivity contribution in [3.63, 3.8) is 0 Å². The second kappa shape index (κ2) is 9.80. The van der Waals surface area contributed by atoms with Gasteiger partial charge in [0.25, 0.3) is 0 Å². The van der Waals surface area contributed by atoms with E-state index in [1.54, 1.807) is 0 Å². The van der Waals surface area contributed by atoms with E-state index in [2.05, 4.69) is 60.2 Å². The van der Waals surface area contributed by atoms with Crippen molar-refractivity contribution in [2.75, 3.05) is 39.3 Å². The third-order valence-corrected chi connectivity index (χ3v) is 5.11. The van der Waals surface area contributed by atoms with Crippen LogP contribution < -0.4 is 5.32 Å². The molecule has 0 unspecified atom stereocenters. The summed E-state index contributed by atoms with van der Waals surface area (Å²) in [5.41, 5.74) is 2.67. The molecule has 2 rings (SSSR count). The van der Waals surface area contributed by atoms with E-state index in [0.717, 1.165) is 58.7 Å². The summed E-state index contributed by atoms with van der Waals surface area (Å²) in [6, 6.07) is 8.76. The van der Waals surface area contributed by atoms with Crippen LogP contribution in [0, 0.1) is 12.8 Å². The summed E-state index contributed by atoms with van der Waals surface area (Å²) >= 11 is 0. The van der Waals surface area contributed by atoms with Gasteiger partial charge in [0.15, 0.2) is 0 Å². The maximum Gasteiger partial charge on any atom is 0.223 e. The predicted molar refractivity (Wildman–Crippen MR) is 100.0 cm³/mol. The van der Waals surface area contributed by atoms with Gasteiger partial charge in [-0.05, 0) is 51.5 Å². The van der Waals surface area contributed by atoms with Crippen LogP contribution in [-0.4, -0.2) is 55.0 Å². The molecule has 1 fully saturated rings. The Labute approximate surface area is 147 Å². The molecule has 0 atom stereocenters. The highest BCUT2D eigenvalue weighted by molar-refractivity contribution is 5.78. The largest absolute Gasteiger partial charge is 0.355 e. The van der Waals surface area contributed by atoms with E-state index in [1.165, 1.54) is 11.1 Å². The molecule has 134 valence electrons. The smallest absolute Gasteiger partial charge is 0.223 e. The van der Waals surface area contributed by atoms with Gasteiger partial charge in [0.05, 0.1) is 0 Å². The number of nitrogens with one attached hydrogen (secondary N) is 1. The molecule has 0 aromatic heterocycles. The molecule has 0 saturated carbocycles. The lowest BCUT2D eigenvalue weighted by Gasteiger charge is -2.31. The van der Waals surface area contributed by atoms with Crippen molar-refractivity contribution in [2.45, 2.75) is 40.2 Å². The molecule has 1 heterocycles. The fourth-order valence-corrected chi connectivity index (χ4v) is 3.33. The molecular formula is C20H33N3O. The van der Waals surface area contributed by atoms with Crippen molar-refractivity contribution in [3.05, 3.63) is 35.4 Å². The van der Waals surface area contributed by atoms with E-state index < -0.39 is 0 Å². The first kappa shape index (κ1) is 18.9. The van der Waals surface area contributed by atoms with Gasteiger partial charge < -0.3 is 10.2 Å². The minimum atomic E-state index is 0.191. The molecule has 1 aromatic carbocycles. The van der Waals surface area contributed by atoms with Crippen LogP contribution >= 0.6 is 0 Å². The number of aryl methyl sites for hydroxylation is 1. The van der Waals surface area contributed by atoms with Crippen LogP contribution in [-0.2, 0) is 11.3 Å². The van der Waals surface area contributed by atoms with Crippen LogP contribution in [0.4, 0.5) is 0 Å². The first-order valence-electron chi connectivity index (χ1n) is 9.40. The Morgan fingerprint density at radius 1 is 1.17 bits per heavy atom. The van der Waals surface area contributed by atoms with Crippen molar-refractivity contribution in [1.29, 1.82) is 0 Å². The maximum atomic E-state index is 12.3. The monoisotopic (exact) mass is 331 g/mol. The number of carbonyl (C=O) groups is 1. The Hall–Kier alpha value is -1.39. The number of hydrogen-bond acceptors (Lipinski definition) is 3. The lowest BCUT2D eigenvalue weighted by atomic mass is 9.95. The summed E-state index contributed by atoms with van der Waals surface area (Å²) in [5, 5.41) is 3.12. The Kier molecular flexibility index (Phi) is 7.73. The minimum absolute atomic E-state index is 0.191. The molecule has 1 amide bonds. The third kappa shape index (κ3) is 5.91. The van der Waals surface area contributed by atoms with E-state index in [4.69, 9.17) is 0 Å². The van der Waals surface area contributed by atoms with Gasteiger partial charge in [0.2, 0.25) is 5.91 Å². The van der Waals surface area contributed by atoms with Gasteiger partial charge in [-0.25, -0.2) is 0 Å². The lowest BCUT2D eigenvalue weighted by Crippen LogP contribution is -2.42. The van der Waals surface area contributed by atoms with E-state index in [0.29, 0.717) is 0 Å². The summed E-state index contributed by atoms with van der Waals surface area (Å²) in [7, 11) is 0. The van der Waals surface area contributed by atoms with Gasteiger partial charge in [0.1, 0.15) is 0 Å². The highest BCUT2D eigenvalue weighted by atomic mass is 16.1. The number of likely N-dealkylation sites (tertiary alicyclic amines) is 1. The lowest BCUT2D eigenvalue weighted by molar-refractivity contribution is -0.126. The van der Waals surface area contributed by atoms with Gasteiger partial charge in [-0.2, -0.15) is 0 Å². The van der Waals surface area contributed by atoms with E-state index in [-0.39, 0.29) is 11.8 Å². The first-order valence-corrected chi connectivity index (χ1v) is 9.40. The van der Waals surface area contributed by atoms with Gasteiger partial charge >= 0.3 is 0 Å². The fraction of sp³-hybridized carbons (Fsp3) is 0.650. The third-order valence-electron chi connectivity index (χ3n) is 5.11. The van der Waals surface area contributed by atoms with Crippen molar-refractivity contribution in [2.24, 2.45) is 5.92 Å². The number of likely N-dealkylation sites (N-methyl/N-ethyl adjacent to an activating group) is 1. The molecule has 0 radical (unpaired) electrons. The van der Waals surface area contributed by atoms with Crippen LogP contribution in [0.15, 0.2) is 24.3 Å². The average Bonchev–Trinajstić information content (AvgIpc) is 2.61. The van der Waals surface area contributed by atoms with Gasteiger partial charge in [-0.3, -0.25) is 9.69 Å². The number of benzene rings is 1. The second-order valence-corrected chi connectivity index (χ2v) is 6.85. The quantitative estimate of drug-likeness (QED) is 0.795. The Balaban J connectivity index is 1.68. The van der Waals surface area contributed by atoms with E-state index in [1.807, 2.05) is 0 Å². The summed E-state index contributed by atoms with van der Waals surface area (Å²) < 4.78 is 0. The van der Waals surface area contributed by atoms with E-state index in [9.17, 15) is 4.79 Å². The Bertz CT molecular complexity index is 488. The van der Waals surface area contributed by atoms with Crippen LogP contribution in [0.5, 0.6) is 0 Å². The molecular weight excluding hydrogens is 298 g/mol. The molecule has 1 saturated heterocycles. The van der Waals surface area contributed by atoms with Crippen LogP contribution in [0.1, 0.15) is 37.8 Å². The zero-order valence-corrected chi connectivity index (χ0v) is 15.6. The molecule has 24 heavy (non-hydrogen) atoms. The molecule has 0 aliphatic carbocycles. The Morgan fingerprint density at radius 3 is 2.38 bits per heavy atom. The topological polar surface area (TPSA) is 35.6 Å². The van der Waals surface area contributed by atoms with Crippen molar-refractivity contribution < 1.29 is 4.79 Å². The molecule has 1 aromatic rings. The van der Waals surface area contributed by atoms with Crippen LogP contribution in [0.3, 0.4) is 0 Å². The van der Waals surface area contributed by atoms with E-state index >= 15 is 0 Å². The zero-order valence-electron chi connectivity index (χ0n) is 15.6. The summed E-state index contributed by atoms with van der Waals surface area (Å²) in [6.07, 6.45) is 1.95. The summed E-state index contributed by atoms with van der Waals surface area (Å²) in [5.74, 6) is 0.438. The zero-order chi connectivity index (χ0) is 17.4. The number of carbonyl (C=O) groups excluding carboxylic acids is 1. The number of piperidine rings is 1. The standard InChI is InChI=1S/C20H33N3O/c1-4-22(5-2)15-12-21-20(24)19-10-13-23(14-11-19)16-18-8-6-17(3)7-9-18/h6-9,19H,4-5,10-16H2,1-3H3,(H,21,24). The van der Waals surface area contributed by atoms with Gasteiger partial charge in [0, 0.05) is 25.6 Å². The normalized spacial score (nSPS) is 16.5. The Morgan fingerprint density at radius 2 is 1.79 bits per heavy atom. The average molecular weight is 332 g/mol. The van der Waals surface area contributed by atoms with Crippen molar-refractivity contribution in [1.82, 2.24) is 15.1 Å². The molecule has 0 bridgehead atoms. The highest BCUT2D eigenvalue weighted by Gasteiger charge is 2.24.